The second kappa shape index (κ2) is 3.64. The summed E-state index contributed by atoms with van der Waals surface area (Å²) in [6, 6.07) is 13.1. The maximum Gasteiger partial charge on any atom is 0.0181 e. The molecule has 2 aromatic rings. The van der Waals surface area contributed by atoms with E-state index in [1.165, 1.54) is 16.3 Å². The first-order valence-corrected chi connectivity index (χ1v) is 5.96. The molecule has 0 aliphatic rings. The highest BCUT2D eigenvalue weighted by Gasteiger charge is 2.13. The maximum absolute atomic E-state index is 3.51. The molecule has 0 unspecified atom stereocenters. The van der Waals surface area contributed by atoms with Crippen LogP contribution in [0.3, 0.4) is 0 Å². The highest BCUT2D eigenvalue weighted by Crippen LogP contribution is 2.27. The standard InChI is InChI=1S/C14H15Br/c1-14(2,3)12-6-4-10-5-7-13(15)9-11(10)8-12/h4-9H,1-3H3. The Labute approximate surface area is 99.4 Å². The Kier molecular flexibility index (Phi) is 2.59. The van der Waals surface area contributed by atoms with Gasteiger partial charge in [-0.25, -0.2) is 0 Å². The van der Waals surface area contributed by atoms with E-state index in [1.807, 2.05) is 0 Å². The van der Waals surface area contributed by atoms with Crippen LogP contribution in [0.4, 0.5) is 0 Å². The molecule has 0 atom stereocenters. The van der Waals surface area contributed by atoms with E-state index in [1.54, 1.807) is 0 Å². The third-order valence-electron chi connectivity index (χ3n) is 2.67. The second-order valence-corrected chi connectivity index (χ2v) is 5.87. The summed E-state index contributed by atoms with van der Waals surface area (Å²) in [5.74, 6) is 0. The Balaban J connectivity index is 2.64. The van der Waals surface area contributed by atoms with E-state index in [-0.39, 0.29) is 5.41 Å². The first-order chi connectivity index (χ1) is 6.97. The Morgan fingerprint density at radius 1 is 0.867 bits per heavy atom. The van der Waals surface area contributed by atoms with Gasteiger partial charge in [0.05, 0.1) is 0 Å². The summed E-state index contributed by atoms with van der Waals surface area (Å²) in [6.07, 6.45) is 0. The van der Waals surface area contributed by atoms with Crippen LogP contribution in [0.1, 0.15) is 26.3 Å². The first kappa shape index (κ1) is 10.7. The molecule has 0 fully saturated rings. The van der Waals surface area contributed by atoms with Gasteiger partial charge in [-0.3, -0.25) is 0 Å². The molecule has 15 heavy (non-hydrogen) atoms. The van der Waals surface area contributed by atoms with Crippen molar-refractivity contribution in [1.29, 1.82) is 0 Å². The van der Waals surface area contributed by atoms with Crippen molar-refractivity contribution in [3.05, 3.63) is 46.4 Å². The van der Waals surface area contributed by atoms with Crippen molar-refractivity contribution in [3.8, 4) is 0 Å². The molecule has 0 aliphatic heterocycles. The molecule has 0 nitrogen and oxygen atoms in total. The molecule has 0 bridgehead atoms. The molecular weight excluding hydrogens is 248 g/mol. The maximum atomic E-state index is 3.51. The van der Waals surface area contributed by atoms with Crippen molar-refractivity contribution in [2.24, 2.45) is 0 Å². The van der Waals surface area contributed by atoms with Crippen LogP contribution in [0.5, 0.6) is 0 Å². The molecule has 0 amide bonds. The van der Waals surface area contributed by atoms with Crippen molar-refractivity contribution >= 4 is 26.7 Å². The predicted octanol–water partition coefficient (Wildman–Crippen LogP) is 4.90. The van der Waals surface area contributed by atoms with E-state index in [0.29, 0.717) is 0 Å². The number of fused-ring (bicyclic) bond motifs is 1. The minimum Gasteiger partial charge on any atom is -0.0579 e. The average Bonchev–Trinajstić information content (AvgIpc) is 2.15. The summed E-state index contributed by atoms with van der Waals surface area (Å²) in [6.45, 7) is 6.73. The van der Waals surface area contributed by atoms with Crippen LogP contribution in [-0.4, -0.2) is 0 Å². The second-order valence-electron chi connectivity index (χ2n) is 4.96. The number of hydrogen-bond donors (Lipinski definition) is 0. The van der Waals surface area contributed by atoms with Gasteiger partial charge in [0.15, 0.2) is 0 Å². The van der Waals surface area contributed by atoms with Gasteiger partial charge in [-0.2, -0.15) is 0 Å². The molecular formula is C14H15Br. The van der Waals surface area contributed by atoms with Crippen LogP contribution in [-0.2, 0) is 5.41 Å². The number of benzene rings is 2. The van der Waals surface area contributed by atoms with Crippen LogP contribution in [0.15, 0.2) is 40.9 Å². The summed E-state index contributed by atoms with van der Waals surface area (Å²) in [7, 11) is 0. The first-order valence-electron chi connectivity index (χ1n) is 5.17. The predicted molar refractivity (Wildman–Crippen MR) is 70.3 cm³/mol. The van der Waals surface area contributed by atoms with Crippen LogP contribution in [0, 0.1) is 0 Å². The molecule has 1 heteroatoms. The van der Waals surface area contributed by atoms with Gasteiger partial charge in [0.1, 0.15) is 0 Å². The van der Waals surface area contributed by atoms with E-state index < -0.39 is 0 Å². The number of hydrogen-bond acceptors (Lipinski definition) is 0. The molecule has 0 spiro atoms. The van der Waals surface area contributed by atoms with Crippen molar-refractivity contribution in [1.82, 2.24) is 0 Å². The summed E-state index contributed by atoms with van der Waals surface area (Å²) < 4.78 is 1.14. The van der Waals surface area contributed by atoms with Gasteiger partial charge in [0.25, 0.3) is 0 Å². The van der Waals surface area contributed by atoms with Gasteiger partial charge < -0.3 is 0 Å². The fourth-order valence-corrected chi connectivity index (χ4v) is 2.06. The summed E-state index contributed by atoms with van der Waals surface area (Å²) in [5.41, 5.74) is 1.60. The topological polar surface area (TPSA) is 0 Å². The molecule has 0 aliphatic carbocycles. The highest BCUT2D eigenvalue weighted by molar-refractivity contribution is 9.10. The molecule has 0 saturated heterocycles. The van der Waals surface area contributed by atoms with Crippen molar-refractivity contribution in [2.75, 3.05) is 0 Å². The van der Waals surface area contributed by atoms with Crippen LogP contribution in [0.2, 0.25) is 0 Å². The minimum absolute atomic E-state index is 0.219. The zero-order valence-corrected chi connectivity index (χ0v) is 10.9. The Hall–Kier alpha value is -0.820. The lowest BCUT2D eigenvalue weighted by atomic mass is 9.86. The van der Waals surface area contributed by atoms with Crippen LogP contribution in [0.25, 0.3) is 10.8 Å². The van der Waals surface area contributed by atoms with Gasteiger partial charge in [-0.1, -0.05) is 61.0 Å². The molecule has 0 N–H and O–H groups in total. The van der Waals surface area contributed by atoms with E-state index in [2.05, 4.69) is 73.1 Å². The molecule has 2 rings (SSSR count). The lowest BCUT2D eigenvalue weighted by Gasteiger charge is -2.19. The Morgan fingerprint density at radius 2 is 1.53 bits per heavy atom. The van der Waals surface area contributed by atoms with Gasteiger partial charge in [0, 0.05) is 4.47 Å². The normalized spacial score (nSPS) is 12.0. The van der Waals surface area contributed by atoms with Gasteiger partial charge in [-0.05, 0) is 33.9 Å². The van der Waals surface area contributed by atoms with Crippen molar-refractivity contribution in [3.63, 3.8) is 0 Å². The van der Waals surface area contributed by atoms with Gasteiger partial charge >= 0.3 is 0 Å². The number of halogens is 1. The molecule has 78 valence electrons. The van der Waals surface area contributed by atoms with Crippen molar-refractivity contribution < 1.29 is 0 Å². The molecule has 0 heterocycles. The Morgan fingerprint density at radius 3 is 2.20 bits per heavy atom. The van der Waals surface area contributed by atoms with Crippen molar-refractivity contribution in [2.45, 2.75) is 26.2 Å². The lowest BCUT2D eigenvalue weighted by Crippen LogP contribution is -2.10. The minimum atomic E-state index is 0.219. The molecule has 0 aromatic heterocycles. The zero-order chi connectivity index (χ0) is 11.1. The molecule has 0 radical (unpaired) electrons. The van der Waals surface area contributed by atoms with E-state index >= 15 is 0 Å². The summed E-state index contributed by atoms with van der Waals surface area (Å²) >= 11 is 3.51. The fourth-order valence-electron chi connectivity index (χ4n) is 1.68. The van der Waals surface area contributed by atoms with E-state index in [9.17, 15) is 0 Å². The third-order valence-corrected chi connectivity index (χ3v) is 3.16. The van der Waals surface area contributed by atoms with Gasteiger partial charge in [-0.15, -0.1) is 0 Å². The molecule has 2 aromatic carbocycles. The van der Waals surface area contributed by atoms with E-state index in [0.717, 1.165) is 4.47 Å². The lowest BCUT2D eigenvalue weighted by molar-refractivity contribution is 0.591. The summed E-state index contributed by atoms with van der Waals surface area (Å²) in [4.78, 5) is 0. The fraction of sp³-hybridized carbons (Fsp3) is 0.286. The quantitative estimate of drug-likeness (QED) is 0.634. The van der Waals surface area contributed by atoms with Crippen LogP contribution < -0.4 is 0 Å². The third kappa shape index (κ3) is 2.23. The zero-order valence-electron chi connectivity index (χ0n) is 9.34. The smallest absolute Gasteiger partial charge is 0.0181 e. The van der Waals surface area contributed by atoms with Crippen LogP contribution >= 0.6 is 15.9 Å². The summed E-state index contributed by atoms with van der Waals surface area (Å²) in [5, 5.41) is 2.60. The monoisotopic (exact) mass is 262 g/mol. The Bertz CT molecular complexity index is 492. The van der Waals surface area contributed by atoms with E-state index in [4.69, 9.17) is 0 Å². The average molecular weight is 263 g/mol. The van der Waals surface area contributed by atoms with Gasteiger partial charge in [0.2, 0.25) is 0 Å². The highest BCUT2D eigenvalue weighted by atomic mass is 79.9. The largest absolute Gasteiger partial charge is 0.0579 e. The molecule has 0 saturated carbocycles. The number of rotatable bonds is 0. The SMILES string of the molecule is CC(C)(C)c1ccc2ccc(Br)cc2c1.